The van der Waals surface area contributed by atoms with Gasteiger partial charge in [-0.2, -0.15) is 0 Å². The highest BCUT2D eigenvalue weighted by atomic mass is 35.5. The molecule has 1 saturated heterocycles. The van der Waals surface area contributed by atoms with Crippen LogP contribution >= 0.6 is 11.6 Å². The van der Waals surface area contributed by atoms with Crippen LogP contribution in [0, 0.1) is 10.1 Å². The molecule has 0 spiro atoms. The molecule has 1 unspecified atom stereocenters. The van der Waals surface area contributed by atoms with Crippen molar-refractivity contribution in [1.82, 2.24) is 4.90 Å². The van der Waals surface area contributed by atoms with Crippen molar-refractivity contribution in [3.05, 3.63) is 73.8 Å². The fraction of sp³-hybridized carbons (Fsp3) is 0.375. The molecule has 5 atom stereocenters. The lowest BCUT2D eigenvalue weighted by atomic mass is 9.82. The van der Waals surface area contributed by atoms with Crippen molar-refractivity contribution >= 4 is 23.3 Å². The number of benzene rings is 2. The van der Waals surface area contributed by atoms with E-state index in [-0.39, 0.29) is 35.0 Å². The third kappa shape index (κ3) is 3.34. The molecular weight excluding hydrogens is 464 g/mol. The summed E-state index contributed by atoms with van der Waals surface area (Å²) in [6.45, 7) is 1.88. The van der Waals surface area contributed by atoms with Crippen LogP contribution in [0.5, 0.6) is 11.5 Å². The van der Waals surface area contributed by atoms with E-state index in [0.29, 0.717) is 6.42 Å². The van der Waals surface area contributed by atoms with Crippen LogP contribution in [0.4, 0.5) is 5.69 Å². The molecule has 0 aromatic heterocycles. The first-order valence-electron chi connectivity index (χ1n) is 11.0. The number of nitro groups is 1. The van der Waals surface area contributed by atoms with Crippen molar-refractivity contribution in [3.63, 3.8) is 0 Å². The van der Waals surface area contributed by atoms with E-state index >= 15 is 0 Å². The summed E-state index contributed by atoms with van der Waals surface area (Å²) in [4.78, 5) is 25.9. The number of nitro benzene ring substituents is 1. The summed E-state index contributed by atoms with van der Waals surface area (Å²) in [6, 6.07) is 7.96. The Morgan fingerprint density at radius 3 is 2.79 bits per heavy atom. The maximum atomic E-state index is 12.9. The molecule has 0 saturated carbocycles. The van der Waals surface area contributed by atoms with Gasteiger partial charge in [-0.15, -0.1) is 0 Å². The Bertz CT molecular complexity index is 1250. The highest BCUT2D eigenvalue weighted by Gasteiger charge is 2.48. The molecule has 4 aliphatic rings. The van der Waals surface area contributed by atoms with E-state index in [1.165, 1.54) is 28.8 Å². The second-order valence-corrected chi connectivity index (χ2v) is 9.28. The summed E-state index contributed by atoms with van der Waals surface area (Å²) in [7, 11) is 1.58. The first-order valence-corrected chi connectivity index (χ1v) is 11.4. The second-order valence-electron chi connectivity index (χ2n) is 8.87. The Morgan fingerprint density at radius 2 is 2.03 bits per heavy atom. The van der Waals surface area contributed by atoms with Gasteiger partial charge in [0.25, 0.3) is 5.69 Å². The third-order valence-electron chi connectivity index (χ3n) is 7.12. The van der Waals surface area contributed by atoms with Crippen LogP contribution in [-0.2, 0) is 16.0 Å². The van der Waals surface area contributed by atoms with Crippen molar-refractivity contribution in [2.75, 3.05) is 20.4 Å². The standard InChI is InChI=1S/C24H21ClN2O7/c1-31-20-7-15-17-10-26(9-12-4-21-22(6-14(12)17)33-11-32-21)19(15)8-23(20)34-24(28)16-5-13(27(29)30)2-3-18(16)25/h2-7,17,19-20,23H,8-11H2,1H3/t17-,19-,20-,23-/m0/s1. The molecule has 176 valence electrons. The molecule has 1 fully saturated rings. The Kier molecular flexibility index (Phi) is 5.02. The molecule has 0 amide bonds. The summed E-state index contributed by atoms with van der Waals surface area (Å²) in [6.07, 6.45) is 1.62. The van der Waals surface area contributed by atoms with Crippen molar-refractivity contribution in [3.8, 4) is 11.5 Å². The normalized spacial score (nSPS) is 28.1. The van der Waals surface area contributed by atoms with Crippen LogP contribution < -0.4 is 9.47 Å². The van der Waals surface area contributed by atoms with Gasteiger partial charge in [0.2, 0.25) is 6.79 Å². The molecule has 1 aliphatic carbocycles. The highest BCUT2D eigenvalue weighted by Crippen LogP contribution is 2.50. The molecule has 10 heteroatoms. The number of fused-ring (bicyclic) bond motifs is 8. The van der Waals surface area contributed by atoms with E-state index in [1.807, 2.05) is 0 Å². The molecule has 2 bridgehead atoms. The zero-order valence-corrected chi connectivity index (χ0v) is 19.0. The second kappa shape index (κ2) is 7.97. The molecule has 6 rings (SSSR count). The lowest BCUT2D eigenvalue weighted by Crippen LogP contribution is -2.43. The lowest BCUT2D eigenvalue weighted by Gasteiger charge is -2.35. The van der Waals surface area contributed by atoms with Crippen molar-refractivity contribution < 1.29 is 28.7 Å². The van der Waals surface area contributed by atoms with Crippen LogP contribution in [0.3, 0.4) is 0 Å². The number of rotatable bonds is 4. The molecule has 34 heavy (non-hydrogen) atoms. The van der Waals surface area contributed by atoms with Crippen LogP contribution in [0.15, 0.2) is 42.0 Å². The minimum Gasteiger partial charge on any atom is -0.456 e. The number of esters is 1. The summed E-state index contributed by atoms with van der Waals surface area (Å²) in [5.41, 5.74) is 3.45. The fourth-order valence-corrected chi connectivity index (χ4v) is 5.72. The molecule has 0 radical (unpaired) electrons. The van der Waals surface area contributed by atoms with Gasteiger partial charge >= 0.3 is 5.97 Å². The Labute approximate surface area is 199 Å². The zero-order chi connectivity index (χ0) is 23.6. The number of halogens is 1. The van der Waals surface area contributed by atoms with Crippen LogP contribution in [-0.4, -0.2) is 54.5 Å². The molecule has 3 heterocycles. The number of nitrogens with zero attached hydrogens (tertiary/aromatic N) is 2. The average molecular weight is 485 g/mol. The molecule has 3 aliphatic heterocycles. The van der Waals surface area contributed by atoms with E-state index in [2.05, 4.69) is 23.1 Å². The van der Waals surface area contributed by atoms with Gasteiger partial charge in [0, 0.05) is 50.7 Å². The molecule has 0 N–H and O–H groups in total. The van der Waals surface area contributed by atoms with Crippen LogP contribution in [0.2, 0.25) is 5.02 Å². The summed E-state index contributed by atoms with van der Waals surface area (Å²) in [5, 5.41) is 11.2. The highest BCUT2D eigenvalue weighted by molar-refractivity contribution is 6.33. The van der Waals surface area contributed by atoms with E-state index < -0.39 is 23.1 Å². The van der Waals surface area contributed by atoms with E-state index in [1.54, 1.807) is 7.11 Å². The number of carbonyl (C=O) groups excluding carboxylic acids is 1. The minimum atomic E-state index is -0.706. The lowest BCUT2D eigenvalue weighted by molar-refractivity contribution is -0.384. The van der Waals surface area contributed by atoms with Gasteiger partial charge in [-0.3, -0.25) is 15.0 Å². The van der Waals surface area contributed by atoms with Crippen molar-refractivity contribution in [2.24, 2.45) is 0 Å². The molecular formula is C24H21ClN2O7. The van der Waals surface area contributed by atoms with Crippen LogP contribution in [0.1, 0.15) is 33.8 Å². The van der Waals surface area contributed by atoms with E-state index in [9.17, 15) is 14.9 Å². The van der Waals surface area contributed by atoms with Crippen LogP contribution in [0.25, 0.3) is 0 Å². The Balaban J connectivity index is 1.28. The predicted octanol–water partition coefficient (Wildman–Crippen LogP) is 3.83. The number of carbonyl (C=O) groups is 1. The smallest absolute Gasteiger partial charge is 0.340 e. The predicted molar refractivity (Wildman–Crippen MR) is 120 cm³/mol. The maximum absolute atomic E-state index is 12.9. The molecule has 2 aromatic rings. The SMILES string of the molecule is CO[C@H]1C=C2[C@H]3CN(Cc4cc5c(cc43)OCO5)[C@H]2C[C@@H]1OC(=O)c1cc([N+](=O)[O-])ccc1Cl. The number of methoxy groups -OCH3 is 1. The third-order valence-corrected chi connectivity index (χ3v) is 7.45. The largest absolute Gasteiger partial charge is 0.456 e. The van der Waals surface area contributed by atoms with Crippen molar-refractivity contribution in [2.45, 2.75) is 37.1 Å². The van der Waals surface area contributed by atoms with Crippen molar-refractivity contribution in [1.29, 1.82) is 0 Å². The number of ether oxygens (including phenoxy) is 4. The fourth-order valence-electron chi connectivity index (χ4n) is 5.53. The minimum absolute atomic E-state index is 0.0344. The van der Waals surface area contributed by atoms with E-state index in [0.717, 1.165) is 30.7 Å². The number of non-ortho nitro benzene ring substituents is 1. The quantitative estimate of drug-likeness (QED) is 0.279. The van der Waals surface area contributed by atoms with Gasteiger partial charge in [0.15, 0.2) is 11.5 Å². The first-order chi connectivity index (χ1) is 16.4. The summed E-state index contributed by atoms with van der Waals surface area (Å²) in [5.74, 6) is 1.05. The Morgan fingerprint density at radius 1 is 1.24 bits per heavy atom. The van der Waals surface area contributed by atoms with Gasteiger partial charge in [-0.25, -0.2) is 4.79 Å². The number of hydrogen-bond donors (Lipinski definition) is 0. The van der Waals surface area contributed by atoms with Gasteiger partial charge in [0.1, 0.15) is 12.2 Å². The monoisotopic (exact) mass is 484 g/mol. The zero-order valence-electron chi connectivity index (χ0n) is 18.2. The molecule has 9 nitrogen and oxygen atoms in total. The topological polar surface area (TPSA) is 100 Å². The number of hydrogen-bond acceptors (Lipinski definition) is 8. The first kappa shape index (κ1) is 21.4. The van der Waals surface area contributed by atoms with E-state index in [4.69, 9.17) is 30.5 Å². The maximum Gasteiger partial charge on any atom is 0.340 e. The summed E-state index contributed by atoms with van der Waals surface area (Å²) >= 11 is 6.14. The summed E-state index contributed by atoms with van der Waals surface area (Å²) < 4.78 is 22.7. The van der Waals surface area contributed by atoms with Gasteiger partial charge in [-0.05, 0) is 34.9 Å². The molecule has 2 aromatic carbocycles. The average Bonchev–Trinajstić information content (AvgIpc) is 3.39. The van der Waals surface area contributed by atoms with Gasteiger partial charge < -0.3 is 18.9 Å². The van der Waals surface area contributed by atoms with Gasteiger partial charge in [0.05, 0.1) is 15.5 Å². The Hall–Kier alpha value is -3.14. The van der Waals surface area contributed by atoms with Gasteiger partial charge in [-0.1, -0.05) is 17.7 Å².